The molecule has 2 aromatic carbocycles. The summed E-state index contributed by atoms with van der Waals surface area (Å²) in [4.78, 5) is 18.6. The van der Waals surface area contributed by atoms with E-state index in [0.717, 1.165) is 10.4 Å². The first kappa shape index (κ1) is 15.8. The zero-order valence-electron chi connectivity index (χ0n) is 14.2. The number of fused-ring (bicyclic) bond motifs is 3. The molecule has 0 atom stereocenters. The van der Waals surface area contributed by atoms with E-state index in [1.807, 2.05) is 66.0 Å². The number of aromatic nitrogens is 3. The highest BCUT2D eigenvalue weighted by molar-refractivity contribution is 7.13. The Hall–Kier alpha value is -3.38. The molecule has 0 bridgehead atoms. The average Bonchev–Trinajstić information content (AvgIpc) is 3.34. The van der Waals surface area contributed by atoms with Gasteiger partial charge < -0.3 is 5.11 Å². The van der Waals surface area contributed by atoms with Gasteiger partial charge in [0.1, 0.15) is 5.52 Å². The number of rotatable bonds is 3. The van der Waals surface area contributed by atoms with Gasteiger partial charge in [0.05, 0.1) is 16.8 Å². The van der Waals surface area contributed by atoms with Crippen molar-refractivity contribution in [3.63, 3.8) is 0 Å². The van der Waals surface area contributed by atoms with E-state index in [9.17, 15) is 9.90 Å². The molecule has 5 aromatic rings. The quantitative estimate of drug-likeness (QED) is 0.517. The Balaban J connectivity index is 1.93. The molecule has 0 aliphatic heterocycles. The van der Waals surface area contributed by atoms with Crippen molar-refractivity contribution in [1.29, 1.82) is 0 Å². The predicted octanol–water partition coefficient (Wildman–Crippen LogP) is 4.13. The van der Waals surface area contributed by atoms with Gasteiger partial charge in [0.25, 0.3) is 5.56 Å². The van der Waals surface area contributed by atoms with Crippen molar-refractivity contribution < 1.29 is 5.11 Å². The van der Waals surface area contributed by atoms with Crippen LogP contribution in [-0.2, 0) is 6.54 Å². The molecule has 0 unspecified atom stereocenters. The molecule has 3 heterocycles. The molecule has 5 nitrogen and oxygen atoms in total. The Morgan fingerprint density at radius 1 is 0.926 bits per heavy atom. The van der Waals surface area contributed by atoms with Crippen LogP contribution < -0.4 is 5.56 Å². The normalized spacial score (nSPS) is 11.4. The fourth-order valence-electron chi connectivity index (χ4n) is 3.44. The molecule has 0 fully saturated rings. The van der Waals surface area contributed by atoms with E-state index in [1.165, 1.54) is 11.3 Å². The van der Waals surface area contributed by atoms with Crippen LogP contribution in [0.15, 0.2) is 76.9 Å². The molecule has 5 rings (SSSR count). The SMILES string of the molecule is O=c1c2ccccc2c2c(O)nc(-c3cccs3)n2n1Cc1ccccc1. The maximum atomic E-state index is 13.3. The summed E-state index contributed by atoms with van der Waals surface area (Å²) in [5.41, 5.74) is 1.43. The van der Waals surface area contributed by atoms with Crippen LogP contribution >= 0.6 is 11.3 Å². The van der Waals surface area contributed by atoms with Crippen LogP contribution in [0.5, 0.6) is 5.88 Å². The van der Waals surface area contributed by atoms with Crippen molar-refractivity contribution in [2.45, 2.75) is 6.54 Å². The molecule has 0 saturated heterocycles. The number of hydrogen-bond donors (Lipinski definition) is 1. The second-order valence-corrected chi connectivity index (χ2v) is 7.24. The van der Waals surface area contributed by atoms with Gasteiger partial charge in [-0.3, -0.25) is 4.79 Å². The Kier molecular flexibility index (Phi) is 3.58. The van der Waals surface area contributed by atoms with Crippen LogP contribution in [0.2, 0.25) is 0 Å². The van der Waals surface area contributed by atoms with Gasteiger partial charge in [-0.1, -0.05) is 54.6 Å². The minimum Gasteiger partial charge on any atom is -0.492 e. The lowest BCUT2D eigenvalue weighted by molar-refractivity contribution is 0.462. The molecule has 0 amide bonds. The molecular weight excluding hydrogens is 358 g/mol. The van der Waals surface area contributed by atoms with Crippen molar-refractivity contribution in [2.75, 3.05) is 0 Å². The molecule has 6 heteroatoms. The summed E-state index contributed by atoms with van der Waals surface area (Å²) >= 11 is 1.52. The second-order valence-electron chi connectivity index (χ2n) is 6.29. The van der Waals surface area contributed by atoms with E-state index in [4.69, 9.17) is 0 Å². The molecule has 3 aromatic heterocycles. The number of benzene rings is 2. The van der Waals surface area contributed by atoms with Crippen LogP contribution in [-0.4, -0.2) is 19.3 Å². The molecule has 0 saturated carbocycles. The van der Waals surface area contributed by atoms with Crippen LogP contribution in [0.4, 0.5) is 0 Å². The van der Waals surface area contributed by atoms with E-state index in [-0.39, 0.29) is 11.4 Å². The Morgan fingerprint density at radius 2 is 1.67 bits per heavy atom. The van der Waals surface area contributed by atoms with Gasteiger partial charge in [-0.2, -0.15) is 4.98 Å². The lowest BCUT2D eigenvalue weighted by atomic mass is 10.1. The topological polar surface area (TPSA) is 59.5 Å². The first-order chi connectivity index (χ1) is 13.2. The van der Waals surface area contributed by atoms with E-state index in [2.05, 4.69) is 4.98 Å². The van der Waals surface area contributed by atoms with Gasteiger partial charge in [0.15, 0.2) is 5.82 Å². The zero-order valence-corrected chi connectivity index (χ0v) is 15.1. The maximum Gasteiger partial charge on any atom is 0.273 e. The Morgan fingerprint density at radius 3 is 2.41 bits per heavy atom. The van der Waals surface area contributed by atoms with E-state index in [0.29, 0.717) is 28.7 Å². The first-order valence-corrected chi connectivity index (χ1v) is 9.43. The Labute approximate surface area is 158 Å². The molecule has 132 valence electrons. The molecule has 0 spiro atoms. The van der Waals surface area contributed by atoms with Gasteiger partial charge >= 0.3 is 0 Å². The highest BCUT2D eigenvalue weighted by Gasteiger charge is 2.20. The van der Waals surface area contributed by atoms with Gasteiger partial charge in [0.2, 0.25) is 5.88 Å². The summed E-state index contributed by atoms with van der Waals surface area (Å²) in [7, 11) is 0. The van der Waals surface area contributed by atoms with Crippen LogP contribution in [0.1, 0.15) is 5.56 Å². The highest BCUT2D eigenvalue weighted by Crippen LogP contribution is 2.32. The number of thiophene rings is 1. The third kappa shape index (κ3) is 2.45. The zero-order chi connectivity index (χ0) is 18.4. The second kappa shape index (κ2) is 6.10. The minimum atomic E-state index is -0.114. The maximum absolute atomic E-state index is 13.3. The number of nitrogens with zero attached hydrogens (tertiary/aromatic N) is 3. The van der Waals surface area contributed by atoms with E-state index >= 15 is 0 Å². The van der Waals surface area contributed by atoms with Gasteiger partial charge in [-0.05, 0) is 23.1 Å². The summed E-state index contributed by atoms with van der Waals surface area (Å²) in [6.45, 7) is 0.384. The lowest BCUT2D eigenvalue weighted by Crippen LogP contribution is -2.27. The summed E-state index contributed by atoms with van der Waals surface area (Å²) in [6, 6.07) is 21.0. The number of aromatic hydroxyl groups is 1. The standard InChI is InChI=1S/C21H15N3O2S/c25-20-18-15-9-4-5-10-16(15)21(26)23(13-14-7-2-1-3-8-14)24(18)19(22-20)17-11-6-12-27-17/h1-12,25H,13H2. The largest absolute Gasteiger partial charge is 0.492 e. The third-order valence-corrected chi connectivity index (χ3v) is 5.51. The smallest absolute Gasteiger partial charge is 0.273 e. The first-order valence-electron chi connectivity index (χ1n) is 8.55. The fourth-order valence-corrected chi connectivity index (χ4v) is 4.14. The fraction of sp³-hybridized carbons (Fsp3) is 0.0476. The summed E-state index contributed by atoms with van der Waals surface area (Å²) in [5, 5.41) is 13.8. The Bertz CT molecular complexity index is 1320. The summed E-state index contributed by atoms with van der Waals surface area (Å²) in [5.74, 6) is 0.493. The average molecular weight is 373 g/mol. The molecule has 1 N–H and O–H groups in total. The molecular formula is C21H15N3O2S. The van der Waals surface area contributed by atoms with Crippen molar-refractivity contribution in [3.05, 3.63) is 88.0 Å². The number of hydrogen-bond acceptors (Lipinski definition) is 4. The number of imidazole rings is 1. The lowest BCUT2D eigenvalue weighted by Gasteiger charge is -2.14. The van der Waals surface area contributed by atoms with Crippen molar-refractivity contribution in [2.24, 2.45) is 0 Å². The molecule has 27 heavy (non-hydrogen) atoms. The predicted molar refractivity (Wildman–Crippen MR) is 107 cm³/mol. The van der Waals surface area contributed by atoms with Crippen molar-refractivity contribution in [3.8, 4) is 16.6 Å². The van der Waals surface area contributed by atoms with Crippen LogP contribution in [0, 0.1) is 0 Å². The van der Waals surface area contributed by atoms with E-state index in [1.54, 1.807) is 15.3 Å². The van der Waals surface area contributed by atoms with Crippen molar-refractivity contribution >= 4 is 27.6 Å². The highest BCUT2D eigenvalue weighted by atomic mass is 32.1. The van der Waals surface area contributed by atoms with Gasteiger partial charge in [-0.15, -0.1) is 11.3 Å². The van der Waals surface area contributed by atoms with Gasteiger partial charge in [0, 0.05) is 5.39 Å². The third-order valence-electron chi connectivity index (χ3n) is 4.64. The summed E-state index contributed by atoms with van der Waals surface area (Å²) in [6.07, 6.45) is 0. The van der Waals surface area contributed by atoms with E-state index < -0.39 is 0 Å². The van der Waals surface area contributed by atoms with Crippen molar-refractivity contribution in [1.82, 2.24) is 14.2 Å². The van der Waals surface area contributed by atoms with Crippen LogP contribution in [0.3, 0.4) is 0 Å². The van der Waals surface area contributed by atoms with Crippen LogP contribution in [0.25, 0.3) is 27.0 Å². The molecule has 0 radical (unpaired) electrons. The minimum absolute atomic E-state index is 0.0728. The molecule has 0 aliphatic rings. The molecule has 0 aliphatic carbocycles. The summed E-state index contributed by atoms with van der Waals surface area (Å²) < 4.78 is 3.40. The monoisotopic (exact) mass is 373 g/mol. The van der Waals surface area contributed by atoms with Gasteiger partial charge in [-0.25, -0.2) is 9.20 Å².